The molecule has 1 aliphatic heterocycles. The zero-order chi connectivity index (χ0) is 19.0. The van der Waals surface area contributed by atoms with Gasteiger partial charge in [0.25, 0.3) is 5.91 Å². The molecular weight excluding hydrogens is 345 g/mol. The van der Waals surface area contributed by atoms with Crippen LogP contribution in [0.1, 0.15) is 24.1 Å². The molecule has 0 saturated heterocycles. The summed E-state index contributed by atoms with van der Waals surface area (Å²) in [5, 5.41) is 10.2. The number of nitrogens with zero attached hydrogens (tertiary/aromatic N) is 3. The molecule has 2 heterocycles. The highest BCUT2D eigenvalue weighted by Gasteiger charge is 2.34. The highest BCUT2D eigenvalue weighted by atomic mass is 19.1. The van der Waals surface area contributed by atoms with Crippen molar-refractivity contribution in [1.29, 1.82) is 0 Å². The Morgan fingerprint density at radius 2 is 1.89 bits per heavy atom. The van der Waals surface area contributed by atoms with Crippen LogP contribution in [0.25, 0.3) is 0 Å². The third-order valence-corrected chi connectivity index (χ3v) is 4.63. The Bertz CT molecular complexity index is 1060. The molecule has 27 heavy (non-hydrogen) atoms. The fourth-order valence-corrected chi connectivity index (χ4v) is 3.27. The summed E-state index contributed by atoms with van der Waals surface area (Å²) in [5.41, 5.74) is 3.01. The first kappa shape index (κ1) is 17.0. The van der Waals surface area contributed by atoms with E-state index in [-0.39, 0.29) is 5.91 Å². The summed E-state index contributed by atoms with van der Waals surface area (Å²) >= 11 is 0. The highest BCUT2D eigenvalue weighted by molar-refractivity contribution is 6.06. The third kappa shape index (κ3) is 2.97. The van der Waals surface area contributed by atoms with Crippen molar-refractivity contribution >= 4 is 17.5 Å². The van der Waals surface area contributed by atoms with E-state index in [9.17, 15) is 9.18 Å². The Balaban J connectivity index is 1.80. The lowest BCUT2D eigenvalue weighted by atomic mass is 9.94. The van der Waals surface area contributed by atoms with Gasteiger partial charge in [-0.05, 0) is 31.5 Å². The lowest BCUT2D eigenvalue weighted by molar-refractivity contribution is -0.113. The van der Waals surface area contributed by atoms with Crippen LogP contribution in [0.2, 0.25) is 0 Å². The maximum atomic E-state index is 14.6. The molecule has 1 aromatic heterocycles. The van der Waals surface area contributed by atoms with Crippen LogP contribution in [0.15, 0.2) is 66.1 Å². The molecule has 6 nitrogen and oxygen atoms in total. The number of hydrogen-bond donors (Lipinski definition) is 2. The normalized spacial score (nSPS) is 15.9. The van der Waals surface area contributed by atoms with E-state index in [0.29, 0.717) is 28.5 Å². The van der Waals surface area contributed by atoms with Gasteiger partial charge in [0, 0.05) is 16.9 Å². The van der Waals surface area contributed by atoms with Gasteiger partial charge in [-0.2, -0.15) is 10.1 Å². The molecule has 0 radical (unpaired) electrons. The number of allylic oxidation sites excluding steroid dienone is 1. The molecule has 3 aromatic rings. The number of amides is 1. The molecule has 0 saturated carbocycles. The maximum Gasteiger partial charge on any atom is 0.255 e. The summed E-state index contributed by atoms with van der Waals surface area (Å²) < 4.78 is 16.1. The highest BCUT2D eigenvalue weighted by Crippen LogP contribution is 2.36. The van der Waals surface area contributed by atoms with Crippen LogP contribution in [-0.2, 0) is 4.79 Å². The molecule has 136 valence electrons. The van der Waals surface area contributed by atoms with Gasteiger partial charge in [-0.3, -0.25) is 4.79 Å². The molecule has 0 spiro atoms. The quantitative estimate of drug-likeness (QED) is 0.745. The minimum absolute atomic E-state index is 0.316. The molecule has 4 rings (SSSR count). The van der Waals surface area contributed by atoms with Crippen molar-refractivity contribution in [2.45, 2.75) is 19.9 Å². The van der Waals surface area contributed by atoms with Crippen molar-refractivity contribution in [2.75, 3.05) is 10.6 Å². The molecule has 0 aliphatic carbocycles. The van der Waals surface area contributed by atoms with Gasteiger partial charge in [0.05, 0.1) is 5.57 Å². The Hall–Kier alpha value is -3.48. The molecule has 1 atom stereocenters. The number of aryl methyl sites for hydroxylation is 1. The van der Waals surface area contributed by atoms with E-state index in [2.05, 4.69) is 20.7 Å². The van der Waals surface area contributed by atoms with Crippen LogP contribution >= 0.6 is 0 Å². The Kier molecular flexibility index (Phi) is 4.19. The predicted molar refractivity (Wildman–Crippen MR) is 101 cm³/mol. The average Bonchev–Trinajstić information content (AvgIpc) is 3.11. The number of anilines is 2. The van der Waals surface area contributed by atoms with E-state index in [0.717, 1.165) is 5.56 Å². The standard InChI is InChI=1S/C20H18FN5O/c1-12-7-3-6-10-16(12)25-19(27)17-13(2)24-20-22-11-23-26(20)18(17)14-8-4-5-9-15(14)21/h3-11,18H,1-2H3,(H,25,27)(H,22,23,24)/t18-/m0/s1. The van der Waals surface area contributed by atoms with E-state index in [1.54, 1.807) is 25.1 Å². The number of carbonyl (C=O) groups is 1. The van der Waals surface area contributed by atoms with Crippen LogP contribution in [0.4, 0.5) is 16.0 Å². The van der Waals surface area contributed by atoms with E-state index in [4.69, 9.17) is 0 Å². The zero-order valence-corrected chi connectivity index (χ0v) is 14.9. The molecular formula is C20H18FN5O. The molecule has 7 heteroatoms. The van der Waals surface area contributed by atoms with Crippen LogP contribution < -0.4 is 10.6 Å². The number of rotatable bonds is 3. The van der Waals surface area contributed by atoms with E-state index >= 15 is 0 Å². The molecule has 1 aliphatic rings. The predicted octanol–water partition coefficient (Wildman–Crippen LogP) is 3.65. The summed E-state index contributed by atoms with van der Waals surface area (Å²) in [4.78, 5) is 17.3. The molecule has 0 fully saturated rings. The van der Waals surface area contributed by atoms with Crippen molar-refractivity contribution < 1.29 is 9.18 Å². The molecule has 0 unspecified atom stereocenters. The summed E-state index contributed by atoms with van der Waals surface area (Å²) in [5.74, 6) is -0.253. The van der Waals surface area contributed by atoms with Crippen molar-refractivity contribution in [1.82, 2.24) is 14.8 Å². The largest absolute Gasteiger partial charge is 0.328 e. The summed E-state index contributed by atoms with van der Waals surface area (Å²) in [7, 11) is 0. The Morgan fingerprint density at radius 3 is 2.67 bits per heavy atom. The molecule has 1 amide bonds. The number of hydrogen-bond acceptors (Lipinski definition) is 4. The fourth-order valence-electron chi connectivity index (χ4n) is 3.27. The fraction of sp³-hybridized carbons (Fsp3) is 0.150. The van der Waals surface area contributed by atoms with Crippen LogP contribution in [0.5, 0.6) is 0 Å². The van der Waals surface area contributed by atoms with Gasteiger partial charge >= 0.3 is 0 Å². The van der Waals surface area contributed by atoms with Crippen molar-refractivity contribution in [3.05, 3.63) is 83.1 Å². The average molecular weight is 363 g/mol. The molecule has 2 N–H and O–H groups in total. The number of benzene rings is 2. The Labute approximate surface area is 155 Å². The van der Waals surface area contributed by atoms with Crippen LogP contribution in [-0.4, -0.2) is 20.7 Å². The summed E-state index contributed by atoms with van der Waals surface area (Å²) in [6, 6.07) is 13.2. The number of aromatic nitrogens is 3. The zero-order valence-electron chi connectivity index (χ0n) is 14.9. The van der Waals surface area contributed by atoms with Gasteiger partial charge in [0.1, 0.15) is 18.2 Å². The lowest BCUT2D eigenvalue weighted by Crippen LogP contribution is -2.32. The first-order chi connectivity index (χ1) is 13.1. The smallest absolute Gasteiger partial charge is 0.255 e. The minimum Gasteiger partial charge on any atom is -0.328 e. The number of halogens is 1. The van der Waals surface area contributed by atoms with Gasteiger partial charge in [-0.25, -0.2) is 9.07 Å². The molecule has 2 aromatic carbocycles. The van der Waals surface area contributed by atoms with Gasteiger partial charge < -0.3 is 10.6 Å². The maximum absolute atomic E-state index is 14.6. The van der Waals surface area contributed by atoms with Crippen molar-refractivity contribution in [3.63, 3.8) is 0 Å². The van der Waals surface area contributed by atoms with Crippen molar-refractivity contribution in [2.24, 2.45) is 0 Å². The Morgan fingerprint density at radius 1 is 1.15 bits per heavy atom. The monoisotopic (exact) mass is 363 g/mol. The lowest BCUT2D eigenvalue weighted by Gasteiger charge is -2.29. The van der Waals surface area contributed by atoms with E-state index in [1.807, 2.05) is 31.2 Å². The third-order valence-electron chi connectivity index (χ3n) is 4.63. The first-order valence-corrected chi connectivity index (χ1v) is 8.55. The van der Waals surface area contributed by atoms with Crippen molar-refractivity contribution in [3.8, 4) is 0 Å². The minimum atomic E-state index is -0.714. The van der Waals surface area contributed by atoms with E-state index < -0.39 is 11.9 Å². The summed E-state index contributed by atoms with van der Waals surface area (Å²) in [6.45, 7) is 3.69. The second-order valence-electron chi connectivity index (χ2n) is 6.38. The molecule has 0 bridgehead atoms. The number of nitrogens with one attached hydrogen (secondary N) is 2. The van der Waals surface area contributed by atoms with Crippen LogP contribution in [0.3, 0.4) is 0 Å². The van der Waals surface area contributed by atoms with Gasteiger partial charge in [-0.15, -0.1) is 0 Å². The van der Waals surface area contributed by atoms with E-state index in [1.165, 1.54) is 17.1 Å². The summed E-state index contributed by atoms with van der Waals surface area (Å²) in [6.07, 6.45) is 1.38. The second kappa shape index (κ2) is 6.68. The number of para-hydroxylation sites is 1. The van der Waals surface area contributed by atoms with Gasteiger partial charge in [0.2, 0.25) is 5.95 Å². The SMILES string of the molecule is CC1=C(C(=O)Nc2ccccc2C)[C@H](c2ccccc2F)n2ncnc2N1. The number of fused-ring (bicyclic) bond motifs is 1. The number of carbonyl (C=O) groups excluding carboxylic acids is 1. The topological polar surface area (TPSA) is 71.8 Å². The first-order valence-electron chi connectivity index (χ1n) is 8.55. The van der Waals surface area contributed by atoms with Gasteiger partial charge in [-0.1, -0.05) is 36.4 Å². The second-order valence-corrected chi connectivity index (χ2v) is 6.38. The van der Waals surface area contributed by atoms with Gasteiger partial charge in [0.15, 0.2) is 0 Å². The van der Waals surface area contributed by atoms with Crippen LogP contribution in [0, 0.1) is 12.7 Å².